The number of carbonyl (C=O) groups is 2. The zero-order chi connectivity index (χ0) is 16.1. The number of carbonyl (C=O) groups excluding carboxylic acids is 2. The lowest BCUT2D eigenvalue weighted by molar-refractivity contribution is -0.146. The molecule has 21 heavy (non-hydrogen) atoms. The van der Waals surface area contributed by atoms with Crippen LogP contribution in [0.1, 0.15) is 0 Å². The van der Waals surface area contributed by atoms with E-state index in [0.717, 1.165) is 10.8 Å². The number of hydrogen-bond donors (Lipinski definition) is 3. The number of rotatable bonds is 12. The van der Waals surface area contributed by atoms with E-state index in [1.807, 2.05) is 0 Å². The van der Waals surface area contributed by atoms with E-state index in [4.69, 9.17) is 15.9 Å². The quantitative estimate of drug-likeness (QED) is 0.173. The Balaban J connectivity index is 3.87. The molecule has 4 N–H and O–H groups in total. The van der Waals surface area contributed by atoms with Gasteiger partial charge in [-0.1, -0.05) is 26.8 Å². The molecule has 0 saturated carbocycles. The number of aliphatic hydroxyl groups excluding tert-OH is 2. The summed E-state index contributed by atoms with van der Waals surface area (Å²) < 4.78 is 9.21. The first-order valence-electron chi connectivity index (χ1n) is 5.94. The van der Waals surface area contributed by atoms with Crippen molar-refractivity contribution in [2.75, 3.05) is 37.9 Å². The molecule has 0 heterocycles. The second-order valence-electron chi connectivity index (χ2n) is 3.58. The Hall–Kier alpha value is -0.880. The minimum absolute atomic E-state index is 0.0663. The molecule has 0 spiro atoms. The maximum Gasteiger partial charge on any atom is 0.335 e. The standard InChI is InChI=1S/C10H18N2O7S2/c11-7(9(15)18-3-1-13)5-20-21-6-8(12-17)10(16)19-4-2-14/h7-8,13-14H,1-6,11H2. The first-order chi connectivity index (χ1) is 10.1. The van der Waals surface area contributed by atoms with E-state index in [-0.39, 0.29) is 37.9 Å². The molecule has 11 heteroatoms. The molecule has 2 unspecified atom stereocenters. The Morgan fingerprint density at radius 2 is 1.57 bits per heavy atom. The van der Waals surface area contributed by atoms with Crippen LogP contribution in [0.4, 0.5) is 0 Å². The minimum Gasteiger partial charge on any atom is -0.462 e. The van der Waals surface area contributed by atoms with Gasteiger partial charge in [0, 0.05) is 11.5 Å². The fourth-order valence-electron chi connectivity index (χ4n) is 0.939. The molecule has 0 aliphatic carbocycles. The van der Waals surface area contributed by atoms with Gasteiger partial charge in [0.1, 0.15) is 19.3 Å². The second kappa shape index (κ2) is 12.8. The van der Waals surface area contributed by atoms with Crippen molar-refractivity contribution in [2.45, 2.75) is 12.1 Å². The monoisotopic (exact) mass is 342 g/mol. The largest absolute Gasteiger partial charge is 0.462 e. The van der Waals surface area contributed by atoms with Crippen molar-refractivity contribution in [1.29, 1.82) is 0 Å². The van der Waals surface area contributed by atoms with Crippen LogP contribution >= 0.6 is 21.6 Å². The lowest BCUT2D eigenvalue weighted by atomic mass is 10.4. The number of hydrogen-bond acceptors (Lipinski definition) is 11. The van der Waals surface area contributed by atoms with Gasteiger partial charge >= 0.3 is 11.9 Å². The number of aliphatic hydroxyl groups is 2. The molecule has 0 aliphatic heterocycles. The second-order valence-corrected chi connectivity index (χ2v) is 6.13. The number of nitrogens with two attached hydrogens (primary N) is 1. The van der Waals surface area contributed by atoms with Gasteiger partial charge in [-0.2, -0.15) is 0 Å². The summed E-state index contributed by atoms with van der Waals surface area (Å²) in [6.45, 7) is -0.907. The third-order valence-electron chi connectivity index (χ3n) is 1.93. The summed E-state index contributed by atoms with van der Waals surface area (Å²) in [5, 5.41) is 19.6. The first kappa shape index (κ1) is 20.1. The van der Waals surface area contributed by atoms with Crippen LogP contribution in [0.5, 0.6) is 0 Å². The summed E-state index contributed by atoms with van der Waals surface area (Å²) >= 11 is 0. The van der Waals surface area contributed by atoms with E-state index in [9.17, 15) is 14.5 Å². The molecule has 0 bridgehead atoms. The normalized spacial score (nSPS) is 13.3. The van der Waals surface area contributed by atoms with E-state index in [1.165, 1.54) is 10.8 Å². The van der Waals surface area contributed by atoms with Gasteiger partial charge in [0.05, 0.1) is 13.2 Å². The predicted molar refractivity (Wildman–Crippen MR) is 78.6 cm³/mol. The van der Waals surface area contributed by atoms with Gasteiger partial charge in [-0.15, -0.1) is 4.91 Å². The molecule has 0 radical (unpaired) electrons. The van der Waals surface area contributed by atoms with Gasteiger partial charge in [-0.05, 0) is 0 Å². The van der Waals surface area contributed by atoms with Gasteiger partial charge in [0.2, 0.25) is 0 Å². The molecule has 0 fully saturated rings. The fraction of sp³-hybridized carbons (Fsp3) is 0.800. The van der Waals surface area contributed by atoms with Crippen LogP contribution in [0, 0.1) is 4.91 Å². The average molecular weight is 342 g/mol. The molecule has 9 nitrogen and oxygen atoms in total. The lowest BCUT2D eigenvalue weighted by Crippen LogP contribution is -2.35. The Morgan fingerprint density at radius 1 is 1.05 bits per heavy atom. The van der Waals surface area contributed by atoms with E-state index in [0.29, 0.717) is 0 Å². The van der Waals surface area contributed by atoms with Crippen LogP contribution in [0.2, 0.25) is 0 Å². The summed E-state index contributed by atoms with van der Waals surface area (Å²) in [6.07, 6.45) is 0. The van der Waals surface area contributed by atoms with E-state index < -0.39 is 24.0 Å². The maximum atomic E-state index is 11.3. The molecule has 0 rings (SSSR count). The zero-order valence-electron chi connectivity index (χ0n) is 11.2. The molecule has 0 aromatic carbocycles. The number of esters is 2. The number of ether oxygens (including phenoxy) is 2. The number of nitrogens with zero attached hydrogens (tertiary/aromatic N) is 1. The molecular formula is C10H18N2O7S2. The number of nitroso groups, excluding NO2 is 1. The van der Waals surface area contributed by atoms with Crippen molar-refractivity contribution in [3.63, 3.8) is 0 Å². The highest BCUT2D eigenvalue weighted by Crippen LogP contribution is 2.23. The topological polar surface area (TPSA) is 149 Å². The summed E-state index contributed by atoms with van der Waals surface area (Å²) in [5.41, 5.74) is 5.54. The molecule has 0 aromatic heterocycles. The zero-order valence-corrected chi connectivity index (χ0v) is 12.8. The minimum atomic E-state index is -1.17. The Labute approximate surface area is 129 Å². The molecule has 2 atom stereocenters. The van der Waals surface area contributed by atoms with Crippen molar-refractivity contribution in [3.05, 3.63) is 4.91 Å². The highest BCUT2D eigenvalue weighted by molar-refractivity contribution is 8.76. The van der Waals surface area contributed by atoms with Gasteiger partial charge in [-0.25, -0.2) is 4.79 Å². The average Bonchev–Trinajstić information content (AvgIpc) is 2.49. The van der Waals surface area contributed by atoms with Crippen molar-refractivity contribution < 1.29 is 29.3 Å². The third-order valence-corrected chi connectivity index (χ3v) is 4.36. The highest BCUT2D eigenvalue weighted by atomic mass is 33.1. The molecule has 0 saturated heterocycles. The smallest absolute Gasteiger partial charge is 0.335 e. The van der Waals surface area contributed by atoms with Gasteiger partial charge in [-0.3, -0.25) is 4.79 Å². The Bertz CT molecular complexity index is 333. The van der Waals surface area contributed by atoms with E-state index in [2.05, 4.69) is 14.7 Å². The van der Waals surface area contributed by atoms with E-state index in [1.54, 1.807) is 0 Å². The molecule has 122 valence electrons. The van der Waals surface area contributed by atoms with Crippen molar-refractivity contribution in [2.24, 2.45) is 10.9 Å². The maximum absolute atomic E-state index is 11.3. The van der Waals surface area contributed by atoms with Crippen molar-refractivity contribution in [1.82, 2.24) is 0 Å². The van der Waals surface area contributed by atoms with Crippen LogP contribution in [-0.2, 0) is 19.1 Å². The van der Waals surface area contributed by atoms with Crippen molar-refractivity contribution in [3.8, 4) is 0 Å². The van der Waals surface area contributed by atoms with Crippen LogP contribution in [0.3, 0.4) is 0 Å². The Morgan fingerprint density at radius 3 is 2.10 bits per heavy atom. The summed E-state index contributed by atoms with van der Waals surface area (Å²) in [7, 11) is 2.32. The van der Waals surface area contributed by atoms with Crippen LogP contribution in [-0.4, -0.2) is 72.2 Å². The predicted octanol–water partition coefficient (Wildman–Crippen LogP) is -1.10. The lowest BCUT2D eigenvalue weighted by Gasteiger charge is -2.11. The molecule has 0 aliphatic rings. The third kappa shape index (κ3) is 9.63. The first-order valence-corrected chi connectivity index (χ1v) is 8.43. The Kier molecular flexibility index (Phi) is 12.3. The van der Waals surface area contributed by atoms with E-state index >= 15 is 0 Å². The SMILES string of the molecule is NC(CSSCC(N=O)C(=O)OCCO)C(=O)OCCO. The highest BCUT2D eigenvalue weighted by Gasteiger charge is 2.22. The summed E-state index contributed by atoms with van der Waals surface area (Å²) in [4.78, 5) is 33.1. The molecule has 0 aromatic rings. The van der Waals surface area contributed by atoms with Crippen LogP contribution < -0.4 is 5.73 Å². The van der Waals surface area contributed by atoms with Crippen LogP contribution in [0.15, 0.2) is 5.18 Å². The summed E-state index contributed by atoms with van der Waals surface area (Å²) in [6, 6.07) is -2.04. The van der Waals surface area contributed by atoms with Crippen molar-refractivity contribution >= 4 is 33.5 Å². The van der Waals surface area contributed by atoms with Gasteiger partial charge in [0.25, 0.3) is 0 Å². The molecule has 0 amide bonds. The summed E-state index contributed by atoms with van der Waals surface area (Å²) in [5.74, 6) is -1.16. The van der Waals surface area contributed by atoms with Crippen LogP contribution in [0.25, 0.3) is 0 Å². The fourth-order valence-corrected chi connectivity index (χ4v) is 3.14. The van der Waals surface area contributed by atoms with Gasteiger partial charge in [0.15, 0.2) is 6.04 Å². The molecular weight excluding hydrogens is 324 g/mol. The van der Waals surface area contributed by atoms with Gasteiger partial charge < -0.3 is 25.4 Å².